The molecule has 0 saturated heterocycles. The van der Waals surface area contributed by atoms with Gasteiger partial charge in [0, 0.05) is 11.3 Å². The maximum absolute atomic E-state index is 12.6. The minimum atomic E-state index is -4.45. The Kier molecular flexibility index (Phi) is 3.32. The van der Waals surface area contributed by atoms with Crippen molar-refractivity contribution in [2.45, 2.75) is 6.18 Å². The van der Waals surface area contributed by atoms with Gasteiger partial charge in [0.2, 0.25) is 0 Å². The van der Waals surface area contributed by atoms with E-state index in [4.69, 9.17) is 0 Å². The van der Waals surface area contributed by atoms with E-state index in [1.807, 2.05) is 0 Å². The summed E-state index contributed by atoms with van der Waals surface area (Å²) in [6.07, 6.45) is -2.95. The van der Waals surface area contributed by atoms with E-state index < -0.39 is 17.6 Å². The van der Waals surface area contributed by atoms with Gasteiger partial charge in [0.25, 0.3) is 5.91 Å². The number of rotatable bonds is 2. The van der Waals surface area contributed by atoms with Gasteiger partial charge in [0.1, 0.15) is 0 Å². The third-order valence-electron chi connectivity index (χ3n) is 3.13. The number of amides is 1. The maximum Gasteiger partial charge on any atom is 0.416 e. The smallest absolute Gasteiger partial charge is 0.345 e. The molecule has 0 spiro atoms. The zero-order valence-corrected chi connectivity index (χ0v) is 11.1. The van der Waals surface area contributed by atoms with Crippen molar-refractivity contribution < 1.29 is 18.0 Å². The van der Waals surface area contributed by atoms with Crippen molar-refractivity contribution in [3.05, 3.63) is 59.9 Å². The number of nitrogens with one attached hydrogen (secondary N) is 2. The predicted octanol–water partition coefficient (Wildman–Crippen LogP) is 3.83. The van der Waals surface area contributed by atoms with E-state index in [2.05, 4.69) is 15.3 Å². The molecule has 0 aliphatic carbocycles. The largest absolute Gasteiger partial charge is 0.416 e. The summed E-state index contributed by atoms with van der Waals surface area (Å²) in [5.74, 6) is -0.490. The lowest BCUT2D eigenvalue weighted by Gasteiger charge is -2.10. The van der Waals surface area contributed by atoms with Crippen LogP contribution in [-0.2, 0) is 6.18 Å². The van der Waals surface area contributed by atoms with Gasteiger partial charge in [0.15, 0.2) is 0 Å². The number of carbonyl (C=O) groups is 1. The molecule has 3 rings (SSSR count). The molecule has 0 fully saturated rings. The van der Waals surface area contributed by atoms with Gasteiger partial charge in [-0.05, 0) is 36.4 Å². The predicted molar refractivity (Wildman–Crippen MR) is 75.5 cm³/mol. The summed E-state index contributed by atoms with van der Waals surface area (Å²) in [6, 6.07) is 9.31. The summed E-state index contributed by atoms with van der Waals surface area (Å²) in [5.41, 5.74) is 0.986. The average Bonchev–Trinajstić information content (AvgIpc) is 2.94. The second-order valence-corrected chi connectivity index (χ2v) is 4.67. The number of anilines is 1. The van der Waals surface area contributed by atoms with Gasteiger partial charge in [-0.25, -0.2) is 4.98 Å². The second-order valence-electron chi connectivity index (χ2n) is 4.67. The van der Waals surface area contributed by atoms with E-state index in [1.165, 1.54) is 18.5 Å². The molecule has 0 radical (unpaired) electrons. The molecule has 1 amide bonds. The highest BCUT2D eigenvalue weighted by molar-refractivity contribution is 6.05. The fourth-order valence-corrected chi connectivity index (χ4v) is 2.05. The number of carbonyl (C=O) groups excluding carboxylic acids is 1. The SMILES string of the molecule is O=C(Nc1cccc(C(F)(F)F)c1)c1ccc2nc[nH]c2c1. The summed E-state index contributed by atoms with van der Waals surface area (Å²) in [4.78, 5) is 19.0. The molecule has 0 aliphatic heterocycles. The third-order valence-corrected chi connectivity index (χ3v) is 3.13. The van der Waals surface area contributed by atoms with Crippen LogP contribution in [0.15, 0.2) is 48.8 Å². The topological polar surface area (TPSA) is 57.8 Å². The van der Waals surface area contributed by atoms with Gasteiger partial charge in [-0.3, -0.25) is 4.79 Å². The third kappa shape index (κ3) is 2.78. The number of hydrogen-bond donors (Lipinski definition) is 2. The van der Waals surface area contributed by atoms with Crippen LogP contribution in [0.5, 0.6) is 0 Å². The molecule has 1 heterocycles. The summed E-state index contributed by atoms with van der Waals surface area (Å²) < 4.78 is 37.9. The molecule has 22 heavy (non-hydrogen) atoms. The Morgan fingerprint density at radius 1 is 1.14 bits per heavy atom. The first-order valence-corrected chi connectivity index (χ1v) is 6.35. The number of fused-ring (bicyclic) bond motifs is 1. The lowest BCUT2D eigenvalue weighted by Crippen LogP contribution is -2.13. The maximum atomic E-state index is 12.6. The minimum Gasteiger partial charge on any atom is -0.345 e. The number of alkyl halides is 3. The Morgan fingerprint density at radius 2 is 1.95 bits per heavy atom. The van der Waals surface area contributed by atoms with E-state index in [-0.39, 0.29) is 5.69 Å². The highest BCUT2D eigenvalue weighted by atomic mass is 19.4. The molecule has 0 bridgehead atoms. The number of H-pyrrole nitrogens is 1. The summed E-state index contributed by atoms with van der Waals surface area (Å²) >= 11 is 0. The molecular formula is C15H10F3N3O. The normalized spacial score (nSPS) is 11.6. The van der Waals surface area contributed by atoms with Crippen molar-refractivity contribution in [2.24, 2.45) is 0 Å². The first kappa shape index (κ1) is 14.1. The van der Waals surface area contributed by atoms with Crippen LogP contribution in [0.4, 0.5) is 18.9 Å². The molecular weight excluding hydrogens is 295 g/mol. The van der Waals surface area contributed by atoms with E-state index in [0.717, 1.165) is 12.1 Å². The second kappa shape index (κ2) is 5.18. The van der Waals surface area contributed by atoms with Gasteiger partial charge in [-0.15, -0.1) is 0 Å². The Balaban J connectivity index is 1.84. The highest BCUT2D eigenvalue weighted by Crippen LogP contribution is 2.30. The molecule has 4 nitrogen and oxygen atoms in total. The number of halogens is 3. The molecule has 0 atom stereocenters. The van der Waals surface area contributed by atoms with Crippen molar-refractivity contribution in [3.63, 3.8) is 0 Å². The standard InChI is InChI=1S/C15H10F3N3O/c16-15(17,18)10-2-1-3-11(7-10)21-14(22)9-4-5-12-13(6-9)20-8-19-12/h1-8H,(H,19,20)(H,21,22). The number of benzene rings is 2. The molecule has 0 saturated carbocycles. The summed E-state index contributed by atoms with van der Waals surface area (Å²) in [5, 5.41) is 2.45. The number of imidazole rings is 1. The van der Waals surface area contributed by atoms with Crippen molar-refractivity contribution in [1.82, 2.24) is 9.97 Å². The number of aromatic amines is 1. The van der Waals surface area contributed by atoms with Crippen LogP contribution in [0, 0.1) is 0 Å². The van der Waals surface area contributed by atoms with Gasteiger partial charge >= 0.3 is 6.18 Å². The Labute approximate surface area is 123 Å². The number of nitrogens with zero attached hydrogens (tertiary/aromatic N) is 1. The quantitative estimate of drug-likeness (QED) is 0.756. The minimum absolute atomic E-state index is 0.0875. The van der Waals surface area contributed by atoms with Gasteiger partial charge < -0.3 is 10.3 Å². The number of hydrogen-bond acceptors (Lipinski definition) is 2. The average molecular weight is 305 g/mol. The van der Waals surface area contributed by atoms with Gasteiger partial charge in [-0.1, -0.05) is 6.07 Å². The molecule has 2 aromatic carbocycles. The van der Waals surface area contributed by atoms with Crippen LogP contribution in [0.25, 0.3) is 11.0 Å². The zero-order chi connectivity index (χ0) is 15.7. The molecule has 1 aromatic heterocycles. The molecule has 112 valence electrons. The Bertz CT molecular complexity index is 839. The van der Waals surface area contributed by atoms with Gasteiger partial charge in [-0.2, -0.15) is 13.2 Å². The van der Waals surface area contributed by atoms with Crippen LogP contribution in [-0.4, -0.2) is 15.9 Å². The van der Waals surface area contributed by atoms with Crippen LogP contribution >= 0.6 is 0 Å². The molecule has 2 N–H and O–H groups in total. The monoisotopic (exact) mass is 305 g/mol. The Morgan fingerprint density at radius 3 is 2.73 bits per heavy atom. The van der Waals surface area contributed by atoms with Crippen LogP contribution in [0.3, 0.4) is 0 Å². The van der Waals surface area contributed by atoms with E-state index >= 15 is 0 Å². The molecule has 0 aliphatic rings. The fraction of sp³-hybridized carbons (Fsp3) is 0.0667. The molecule has 0 unspecified atom stereocenters. The van der Waals surface area contributed by atoms with E-state index in [0.29, 0.717) is 16.6 Å². The summed E-state index contributed by atoms with van der Waals surface area (Å²) in [6.45, 7) is 0. The summed E-state index contributed by atoms with van der Waals surface area (Å²) in [7, 11) is 0. The lowest BCUT2D eigenvalue weighted by molar-refractivity contribution is -0.137. The van der Waals surface area contributed by atoms with Crippen LogP contribution < -0.4 is 5.32 Å². The fourth-order valence-electron chi connectivity index (χ4n) is 2.05. The van der Waals surface area contributed by atoms with Crippen molar-refractivity contribution in [1.29, 1.82) is 0 Å². The molecule has 3 aromatic rings. The first-order valence-electron chi connectivity index (χ1n) is 6.35. The van der Waals surface area contributed by atoms with Crippen LogP contribution in [0.2, 0.25) is 0 Å². The highest BCUT2D eigenvalue weighted by Gasteiger charge is 2.30. The van der Waals surface area contributed by atoms with Crippen molar-refractivity contribution in [3.8, 4) is 0 Å². The lowest BCUT2D eigenvalue weighted by atomic mass is 10.1. The molecule has 7 heteroatoms. The van der Waals surface area contributed by atoms with Crippen molar-refractivity contribution in [2.75, 3.05) is 5.32 Å². The number of aromatic nitrogens is 2. The van der Waals surface area contributed by atoms with E-state index in [9.17, 15) is 18.0 Å². The van der Waals surface area contributed by atoms with E-state index in [1.54, 1.807) is 18.2 Å². The van der Waals surface area contributed by atoms with Gasteiger partial charge in [0.05, 0.1) is 22.9 Å². The van der Waals surface area contributed by atoms with Crippen molar-refractivity contribution >= 4 is 22.6 Å². The Hall–Kier alpha value is -2.83. The first-order chi connectivity index (χ1) is 10.4. The van der Waals surface area contributed by atoms with Crippen LogP contribution in [0.1, 0.15) is 15.9 Å². The zero-order valence-electron chi connectivity index (χ0n) is 11.1.